The standard InChI is InChI=1S/C11H9N3O3/c15-10-4-7(13-14-10)6-1-2-9-8(3-6)12-11(16)5-17-9/h1-4H,5H2,(H,12,16)(H2,13,14,15). The number of carbonyl (C=O) groups excluding carboxylic acids is 1. The van der Waals surface area contributed by atoms with E-state index in [2.05, 4.69) is 15.5 Å². The Morgan fingerprint density at radius 1 is 1.12 bits per heavy atom. The van der Waals surface area contributed by atoms with E-state index >= 15 is 0 Å². The lowest BCUT2D eigenvalue weighted by molar-refractivity contribution is -0.118. The maximum absolute atomic E-state index is 11.2. The van der Waals surface area contributed by atoms with E-state index in [4.69, 9.17) is 4.74 Å². The van der Waals surface area contributed by atoms with Crippen LogP contribution in [0.15, 0.2) is 29.1 Å². The number of nitrogens with one attached hydrogen (secondary N) is 3. The third kappa shape index (κ3) is 1.69. The molecule has 3 rings (SSSR count). The minimum atomic E-state index is -0.196. The fourth-order valence-corrected chi connectivity index (χ4v) is 1.74. The Balaban J connectivity index is 2.06. The zero-order chi connectivity index (χ0) is 11.8. The van der Waals surface area contributed by atoms with Crippen molar-refractivity contribution in [3.05, 3.63) is 34.6 Å². The molecule has 0 fully saturated rings. The maximum atomic E-state index is 11.2. The summed E-state index contributed by atoms with van der Waals surface area (Å²) in [6, 6.07) is 6.78. The van der Waals surface area contributed by atoms with Crippen LogP contribution in [0.4, 0.5) is 5.69 Å². The predicted molar refractivity (Wildman–Crippen MR) is 61.0 cm³/mol. The molecule has 6 heteroatoms. The first kappa shape index (κ1) is 9.71. The summed E-state index contributed by atoms with van der Waals surface area (Å²) >= 11 is 0. The van der Waals surface area contributed by atoms with Crippen molar-refractivity contribution >= 4 is 11.6 Å². The summed E-state index contributed by atoms with van der Waals surface area (Å²) in [6.45, 7) is 0.0351. The van der Waals surface area contributed by atoms with Gasteiger partial charge in [0.2, 0.25) is 0 Å². The molecule has 1 aliphatic rings. The number of aromatic nitrogens is 2. The molecule has 0 unspecified atom stereocenters. The van der Waals surface area contributed by atoms with Crippen LogP contribution in [-0.4, -0.2) is 22.7 Å². The molecule has 2 aromatic rings. The van der Waals surface area contributed by atoms with Gasteiger partial charge in [-0.2, -0.15) is 0 Å². The molecule has 0 saturated heterocycles. The largest absolute Gasteiger partial charge is 0.482 e. The van der Waals surface area contributed by atoms with Crippen LogP contribution >= 0.6 is 0 Å². The van der Waals surface area contributed by atoms with E-state index in [1.807, 2.05) is 6.07 Å². The molecule has 1 aromatic carbocycles. The average Bonchev–Trinajstić information content (AvgIpc) is 2.75. The van der Waals surface area contributed by atoms with Crippen molar-refractivity contribution in [3.63, 3.8) is 0 Å². The smallest absolute Gasteiger partial charge is 0.264 e. The average molecular weight is 231 g/mol. The number of rotatable bonds is 1. The van der Waals surface area contributed by atoms with Gasteiger partial charge in [0, 0.05) is 11.6 Å². The topological polar surface area (TPSA) is 87.0 Å². The molecule has 86 valence electrons. The summed E-state index contributed by atoms with van der Waals surface area (Å²) < 4.78 is 5.24. The van der Waals surface area contributed by atoms with Crippen LogP contribution < -0.4 is 15.6 Å². The number of carbonyl (C=O) groups is 1. The van der Waals surface area contributed by atoms with Crippen LogP contribution in [0, 0.1) is 0 Å². The van der Waals surface area contributed by atoms with E-state index in [0.29, 0.717) is 17.1 Å². The molecule has 1 aromatic heterocycles. The fraction of sp³-hybridized carbons (Fsp3) is 0.0909. The quantitative estimate of drug-likeness (QED) is 0.675. The molecule has 0 aliphatic carbocycles. The monoisotopic (exact) mass is 231 g/mol. The van der Waals surface area contributed by atoms with Crippen LogP contribution in [0.3, 0.4) is 0 Å². The number of aromatic amines is 2. The molecule has 0 radical (unpaired) electrons. The Hall–Kier alpha value is -2.50. The van der Waals surface area contributed by atoms with Crippen LogP contribution in [-0.2, 0) is 4.79 Å². The highest BCUT2D eigenvalue weighted by molar-refractivity contribution is 5.96. The maximum Gasteiger partial charge on any atom is 0.264 e. The minimum absolute atomic E-state index is 0.0351. The number of hydrogen-bond acceptors (Lipinski definition) is 3. The molecular formula is C11H9N3O3. The molecule has 0 saturated carbocycles. The molecular weight excluding hydrogens is 222 g/mol. The third-order valence-corrected chi connectivity index (χ3v) is 2.52. The Kier molecular flexibility index (Phi) is 2.01. The van der Waals surface area contributed by atoms with Crippen LogP contribution in [0.1, 0.15) is 0 Å². The van der Waals surface area contributed by atoms with E-state index in [1.54, 1.807) is 12.1 Å². The van der Waals surface area contributed by atoms with Crippen LogP contribution in [0.5, 0.6) is 5.75 Å². The van der Waals surface area contributed by atoms with Crippen molar-refractivity contribution in [1.82, 2.24) is 10.2 Å². The second-order valence-corrected chi connectivity index (χ2v) is 3.72. The zero-order valence-corrected chi connectivity index (χ0v) is 8.74. The second-order valence-electron chi connectivity index (χ2n) is 3.72. The van der Waals surface area contributed by atoms with Gasteiger partial charge in [0.1, 0.15) is 5.75 Å². The molecule has 3 N–H and O–H groups in total. The number of fused-ring (bicyclic) bond motifs is 1. The summed E-state index contributed by atoms with van der Waals surface area (Å²) in [5, 5.41) is 7.92. The van der Waals surface area contributed by atoms with Crippen LogP contribution in [0.25, 0.3) is 11.3 Å². The Morgan fingerprint density at radius 2 is 2.00 bits per heavy atom. The Labute approximate surface area is 95.6 Å². The Morgan fingerprint density at radius 3 is 2.76 bits per heavy atom. The van der Waals surface area contributed by atoms with Crippen molar-refractivity contribution in [2.24, 2.45) is 0 Å². The first-order valence-corrected chi connectivity index (χ1v) is 5.07. The first-order valence-electron chi connectivity index (χ1n) is 5.07. The van der Waals surface area contributed by atoms with Gasteiger partial charge in [-0.25, -0.2) is 0 Å². The molecule has 0 spiro atoms. The second kappa shape index (κ2) is 3.51. The van der Waals surface area contributed by atoms with Gasteiger partial charge in [-0.1, -0.05) is 0 Å². The van der Waals surface area contributed by atoms with Crippen LogP contribution in [0.2, 0.25) is 0 Å². The van der Waals surface area contributed by atoms with Crippen molar-refractivity contribution < 1.29 is 9.53 Å². The minimum Gasteiger partial charge on any atom is -0.482 e. The molecule has 0 bridgehead atoms. The third-order valence-electron chi connectivity index (χ3n) is 2.52. The van der Waals surface area contributed by atoms with Crippen molar-refractivity contribution in [2.45, 2.75) is 0 Å². The molecule has 1 amide bonds. The molecule has 6 nitrogen and oxygen atoms in total. The zero-order valence-electron chi connectivity index (χ0n) is 8.74. The Bertz CT molecular complexity index is 641. The summed E-state index contributed by atoms with van der Waals surface area (Å²) in [6.07, 6.45) is 0. The van der Waals surface area contributed by atoms with E-state index < -0.39 is 0 Å². The predicted octanol–water partition coefficient (Wildman–Crippen LogP) is 0.701. The fourth-order valence-electron chi connectivity index (χ4n) is 1.74. The van der Waals surface area contributed by atoms with Gasteiger partial charge < -0.3 is 10.1 Å². The molecule has 17 heavy (non-hydrogen) atoms. The molecule has 1 aliphatic heterocycles. The van der Waals surface area contributed by atoms with Gasteiger partial charge in [-0.3, -0.25) is 19.8 Å². The van der Waals surface area contributed by atoms with Gasteiger partial charge in [0.05, 0.1) is 11.4 Å². The van der Waals surface area contributed by atoms with Gasteiger partial charge >= 0.3 is 0 Å². The molecule has 0 atom stereocenters. The van der Waals surface area contributed by atoms with Gasteiger partial charge in [-0.05, 0) is 18.2 Å². The number of hydrogen-bond donors (Lipinski definition) is 3. The van der Waals surface area contributed by atoms with Crippen molar-refractivity contribution in [2.75, 3.05) is 11.9 Å². The number of ether oxygens (including phenoxy) is 1. The number of H-pyrrole nitrogens is 2. The summed E-state index contributed by atoms with van der Waals surface area (Å²) in [5.41, 5.74) is 1.88. The van der Waals surface area contributed by atoms with Gasteiger partial charge in [-0.15, -0.1) is 0 Å². The van der Waals surface area contributed by atoms with E-state index in [9.17, 15) is 9.59 Å². The normalized spacial score (nSPS) is 13.8. The summed E-state index contributed by atoms with van der Waals surface area (Å²) in [4.78, 5) is 22.2. The highest BCUT2D eigenvalue weighted by Gasteiger charge is 2.16. The van der Waals surface area contributed by atoms with E-state index in [-0.39, 0.29) is 18.1 Å². The number of amides is 1. The van der Waals surface area contributed by atoms with Gasteiger partial charge in [0.25, 0.3) is 11.5 Å². The molecule has 2 heterocycles. The first-order chi connectivity index (χ1) is 8.22. The highest BCUT2D eigenvalue weighted by atomic mass is 16.5. The lowest BCUT2D eigenvalue weighted by atomic mass is 10.1. The van der Waals surface area contributed by atoms with E-state index in [1.165, 1.54) is 6.07 Å². The lowest BCUT2D eigenvalue weighted by Crippen LogP contribution is -2.25. The SMILES string of the molecule is O=C1COc2ccc(-c3cc(=O)[nH][nH]3)cc2N1. The highest BCUT2D eigenvalue weighted by Crippen LogP contribution is 2.31. The van der Waals surface area contributed by atoms with Crippen molar-refractivity contribution in [3.8, 4) is 17.0 Å². The lowest BCUT2D eigenvalue weighted by Gasteiger charge is -2.18. The number of benzene rings is 1. The summed E-state index contributed by atoms with van der Waals surface area (Å²) in [5.74, 6) is 0.448. The van der Waals surface area contributed by atoms with Crippen molar-refractivity contribution in [1.29, 1.82) is 0 Å². The number of anilines is 1. The van der Waals surface area contributed by atoms with E-state index in [0.717, 1.165) is 5.56 Å². The van der Waals surface area contributed by atoms with Gasteiger partial charge in [0.15, 0.2) is 6.61 Å². The summed E-state index contributed by atoms with van der Waals surface area (Å²) in [7, 11) is 0.